The molecule has 2 aliphatic heterocycles. The zero-order chi connectivity index (χ0) is 31.4. The molecule has 252 valence electrons. The lowest BCUT2D eigenvalue weighted by Crippen LogP contribution is -2.42. The van der Waals surface area contributed by atoms with E-state index in [0.29, 0.717) is 33.8 Å². The Morgan fingerprint density at radius 1 is 0.844 bits per heavy atom. The summed E-state index contributed by atoms with van der Waals surface area (Å²) >= 11 is 2.75. The summed E-state index contributed by atoms with van der Waals surface area (Å²) in [6.45, 7) is 9.81. The van der Waals surface area contributed by atoms with Crippen molar-refractivity contribution in [1.82, 2.24) is 25.3 Å². The van der Waals surface area contributed by atoms with Crippen molar-refractivity contribution in [2.24, 2.45) is 5.73 Å². The number of nitrogens with one attached hydrogen (secondary N) is 3. The molecule has 6 N–H and O–H groups in total. The third-order valence-corrected chi connectivity index (χ3v) is 16.7. The number of nitrogens with two attached hydrogens (primary N) is 1. The molecule has 4 aromatic rings. The van der Waals surface area contributed by atoms with Crippen LogP contribution >= 0.6 is 22.7 Å². The lowest BCUT2D eigenvalue weighted by Gasteiger charge is -2.33. The molecule has 6 heterocycles. The zero-order valence-corrected chi connectivity index (χ0v) is 29.5. The fourth-order valence-corrected chi connectivity index (χ4v) is 11.8. The van der Waals surface area contributed by atoms with Crippen molar-refractivity contribution in [3.8, 4) is 10.4 Å². The van der Waals surface area contributed by atoms with Crippen LogP contribution in [0.25, 0.3) is 20.7 Å². The van der Waals surface area contributed by atoms with E-state index in [1.807, 2.05) is 6.07 Å². The number of ether oxygens (including phenoxy) is 2. The van der Waals surface area contributed by atoms with Crippen molar-refractivity contribution in [1.29, 1.82) is 0 Å². The van der Waals surface area contributed by atoms with Crippen LogP contribution < -0.4 is 20.5 Å². The van der Waals surface area contributed by atoms with Crippen LogP contribution in [0.1, 0.15) is 61.5 Å². The Kier molecular flexibility index (Phi) is 13.8. The number of thiazole rings is 2. The Bertz CT molecular complexity index is 1460. The SMILES string of the molecule is C.C.COc1nc2[nH]c(C(=O)NC3CC[Si](C)(C)CC3)cc2s1.COc1nc2[nH]c(C(=O)O)cc2s1.C[Si]1(C)CCC(N)CC1. The number of amides is 1. The zero-order valence-electron chi connectivity index (χ0n) is 25.8. The highest BCUT2D eigenvalue weighted by molar-refractivity contribution is 7.20. The Morgan fingerprint density at radius 2 is 1.27 bits per heavy atom. The first-order chi connectivity index (χ1) is 20.3. The molecule has 0 aliphatic carbocycles. The molecule has 0 aromatic carbocycles. The van der Waals surface area contributed by atoms with Gasteiger partial charge in [0, 0.05) is 28.2 Å². The molecule has 45 heavy (non-hydrogen) atoms. The summed E-state index contributed by atoms with van der Waals surface area (Å²) in [6.07, 6.45) is 4.82. The van der Waals surface area contributed by atoms with Crippen LogP contribution in [0.2, 0.25) is 50.4 Å². The minimum atomic E-state index is -0.982. The van der Waals surface area contributed by atoms with Crippen LogP contribution in [-0.2, 0) is 0 Å². The molecule has 11 nitrogen and oxygen atoms in total. The number of carbonyl (C=O) groups is 2. The van der Waals surface area contributed by atoms with Gasteiger partial charge in [-0.3, -0.25) is 4.79 Å². The molecule has 15 heteroatoms. The number of hydrogen-bond acceptors (Lipinski definition) is 9. The van der Waals surface area contributed by atoms with Crippen molar-refractivity contribution >= 4 is 71.4 Å². The van der Waals surface area contributed by atoms with E-state index in [0.717, 1.165) is 27.9 Å². The molecule has 1 amide bonds. The molecular weight excluding hydrogens is 645 g/mol. The maximum Gasteiger partial charge on any atom is 0.352 e. The highest BCUT2D eigenvalue weighted by atomic mass is 32.1. The number of carbonyl (C=O) groups excluding carboxylic acids is 1. The highest BCUT2D eigenvalue weighted by Crippen LogP contribution is 2.31. The Morgan fingerprint density at radius 3 is 1.67 bits per heavy atom. The average Bonchev–Trinajstić information content (AvgIpc) is 3.71. The van der Waals surface area contributed by atoms with E-state index >= 15 is 0 Å². The van der Waals surface area contributed by atoms with Crippen LogP contribution in [0.5, 0.6) is 10.4 Å². The quantitative estimate of drug-likeness (QED) is 0.133. The van der Waals surface area contributed by atoms with Gasteiger partial charge in [0.15, 0.2) is 11.3 Å². The fraction of sp³-hybridized carbons (Fsp3) is 0.600. The van der Waals surface area contributed by atoms with E-state index in [4.69, 9.17) is 20.3 Å². The van der Waals surface area contributed by atoms with Crippen molar-refractivity contribution in [2.45, 2.75) is 103 Å². The van der Waals surface area contributed by atoms with Crippen LogP contribution in [0.4, 0.5) is 0 Å². The van der Waals surface area contributed by atoms with Gasteiger partial charge in [0.1, 0.15) is 11.4 Å². The monoisotopic (exact) mass is 696 g/mol. The minimum Gasteiger partial charge on any atom is -0.477 e. The number of aromatic carboxylic acids is 1. The molecule has 0 saturated carbocycles. The first kappa shape index (κ1) is 38.5. The molecule has 0 bridgehead atoms. The first-order valence-electron chi connectivity index (χ1n) is 14.6. The lowest BCUT2D eigenvalue weighted by atomic mass is 10.1. The predicted octanol–water partition coefficient (Wildman–Crippen LogP) is 7.65. The first-order valence-corrected chi connectivity index (χ1v) is 23.1. The summed E-state index contributed by atoms with van der Waals surface area (Å²) < 4.78 is 11.7. The second-order valence-electron chi connectivity index (χ2n) is 12.9. The van der Waals surface area contributed by atoms with Gasteiger partial charge in [-0.15, -0.1) is 0 Å². The smallest absolute Gasteiger partial charge is 0.352 e. The van der Waals surface area contributed by atoms with Gasteiger partial charge in [-0.2, -0.15) is 9.97 Å². The number of methoxy groups -OCH3 is 2. The van der Waals surface area contributed by atoms with Crippen LogP contribution in [0, 0.1) is 0 Å². The summed E-state index contributed by atoms with van der Waals surface area (Å²) in [5.41, 5.74) is 7.80. The third kappa shape index (κ3) is 10.7. The van der Waals surface area contributed by atoms with Gasteiger partial charge in [-0.25, -0.2) is 4.79 Å². The molecular formula is C30H52N6O5S2Si2. The van der Waals surface area contributed by atoms with Gasteiger partial charge in [-0.05, 0) is 37.8 Å². The van der Waals surface area contributed by atoms with Crippen molar-refractivity contribution in [3.05, 3.63) is 23.5 Å². The van der Waals surface area contributed by atoms with Gasteiger partial charge in [-0.1, -0.05) is 87.9 Å². The van der Waals surface area contributed by atoms with Crippen LogP contribution in [0.15, 0.2) is 12.1 Å². The number of aromatic amines is 2. The summed E-state index contributed by atoms with van der Waals surface area (Å²) in [5, 5.41) is 12.9. The summed E-state index contributed by atoms with van der Waals surface area (Å²) in [6, 6.07) is 9.76. The maximum atomic E-state index is 12.3. The van der Waals surface area contributed by atoms with E-state index in [1.165, 1.54) is 72.9 Å². The van der Waals surface area contributed by atoms with Gasteiger partial charge < -0.3 is 35.6 Å². The second kappa shape index (κ2) is 16.2. The molecule has 0 radical (unpaired) electrons. The van der Waals surface area contributed by atoms with Gasteiger partial charge in [0.2, 0.25) is 0 Å². The van der Waals surface area contributed by atoms with E-state index in [9.17, 15) is 9.59 Å². The van der Waals surface area contributed by atoms with Crippen molar-refractivity contribution in [3.63, 3.8) is 0 Å². The Hall–Kier alpha value is -2.73. The summed E-state index contributed by atoms with van der Waals surface area (Å²) in [5.74, 6) is -1.00. The van der Waals surface area contributed by atoms with Crippen molar-refractivity contribution < 1.29 is 24.2 Å². The second-order valence-corrected chi connectivity index (χ2v) is 25.5. The predicted molar refractivity (Wildman–Crippen MR) is 193 cm³/mol. The molecule has 6 rings (SSSR count). The molecule has 4 aromatic heterocycles. The highest BCUT2D eigenvalue weighted by Gasteiger charge is 2.30. The van der Waals surface area contributed by atoms with Crippen LogP contribution in [-0.4, -0.2) is 79.4 Å². The van der Waals surface area contributed by atoms with E-state index in [1.54, 1.807) is 7.11 Å². The van der Waals surface area contributed by atoms with Gasteiger partial charge >= 0.3 is 5.97 Å². The van der Waals surface area contributed by atoms with E-state index in [2.05, 4.69) is 51.4 Å². The number of H-pyrrole nitrogens is 2. The number of carboxylic acid groups (broad SMARTS) is 1. The van der Waals surface area contributed by atoms with Gasteiger partial charge in [0.05, 0.1) is 23.6 Å². The molecule has 2 aliphatic rings. The van der Waals surface area contributed by atoms with Gasteiger partial charge in [0.25, 0.3) is 16.3 Å². The van der Waals surface area contributed by atoms with Crippen molar-refractivity contribution in [2.75, 3.05) is 14.2 Å². The number of hydrogen-bond donors (Lipinski definition) is 5. The topological polar surface area (TPSA) is 168 Å². The number of fused-ring (bicyclic) bond motifs is 2. The molecule has 0 spiro atoms. The normalized spacial score (nSPS) is 17.5. The number of aromatic nitrogens is 4. The standard InChI is InChI=1S/C14H21N3O2SSi.C7H6N2O3S.C7H17NSi.2CH4/c1-19-14-17-12-11(20-14)8-10(16-12)13(18)15-9-4-6-21(2,3)7-5-9;1-12-7-9-5-4(13-7)2-3(8-5)6(10)11;1-9(2)5-3-7(8)4-6-9;;/h8-9,16H,4-7H2,1-3H3,(H,15,18);2,8H,1H3,(H,10,11);7H,3-6,8H2,1-2H3;2*1H4. The largest absolute Gasteiger partial charge is 0.477 e. The average molecular weight is 697 g/mol. The Balaban J connectivity index is 0.000000252. The number of carboxylic acids is 1. The summed E-state index contributed by atoms with van der Waals surface area (Å²) in [7, 11) is 1.44. The summed E-state index contributed by atoms with van der Waals surface area (Å²) in [4.78, 5) is 36.9. The van der Waals surface area contributed by atoms with E-state index in [-0.39, 0.29) is 26.5 Å². The molecule has 0 unspecified atom stereocenters. The molecule has 2 saturated heterocycles. The number of rotatable bonds is 5. The molecule has 2 fully saturated rings. The molecule has 0 atom stereocenters. The number of nitrogens with zero attached hydrogens (tertiary/aromatic N) is 2. The minimum absolute atomic E-state index is 0. The van der Waals surface area contributed by atoms with Crippen LogP contribution in [0.3, 0.4) is 0 Å². The van der Waals surface area contributed by atoms with E-state index < -0.39 is 22.1 Å². The lowest BCUT2D eigenvalue weighted by molar-refractivity contribution is 0.0691. The Labute approximate surface area is 276 Å². The maximum absolute atomic E-state index is 12.3. The third-order valence-electron chi connectivity index (χ3n) is 8.21. The fourth-order valence-electron chi connectivity index (χ4n) is 5.23.